The highest BCUT2D eigenvalue weighted by atomic mass is 16.5. The Labute approximate surface area is 146 Å². The number of hydrogen-bond donors (Lipinski definition) is 1. The Morgan fingerprint density at radius 1 is 1.28 bits per heavy atom. The molecule has 0 bridgehead atoms. The highest BCUT2D eigenvalue weighted by molar-refractivity contribution is 5.90. The van der Waals surface area contributed by atoms with Gasteiger partial charge in [-0.05, 0) is 52.0 Å². The lowest BCUT2D eigenvalue weighted by atomic mass is 10.1. The minimum absolute atomic E-state index is 0.0284. The normalized spacial score (nSPS) is 11.4. The van der Waals surface area contributed by atoms with Crippen LogP contribution in [-0.4, -0.2) is 43.7 Å². The van der Waals surface area contributed by atoms with E-state index < -0.39 is 5.97 Å². The van der Waals surface area contributed by atoms with Crippen molar-refractivity contribution in [3.63, 3.8) is 0 Å². The van der Waals surface area contributed by atoms with Crippen LogP contribution >= 0.6 is 0 Å². The van der Waals surface area contributed by atoms with E-state index in [9.17, 15) is 9.59 Å². The standard InChI is InChI=1S/C17H23N5O3/c1-11(2)25-16(24)13-8-6-7-12(9-13)15-19-21-22(20-15)10-14(23)18-17(3,4)5/h6-9,11H,10H2,1-5H3,(H,18,23). The summed E-state index contributed by atoms with van der Waals surface area (Å²) in [5.74, 6) is -0.276. The van der Waals surface area contributed by atoms with Crippen molar-refractivity contribution in [3.8, 4) is 11.4 Å². The average Bonchev–Trinajstić information content (AvgIpc) is 2.93. The van der Waals surface area contributed by atoms with Crippen LogP contribution in [0.3, 0.4) is 0 Å². The predicted molar refractivity (Wildman–Crippen MR) is 91.7 cm³/mol. The fourth-order valence-corrected chi connectivity index (χ4v) is 2.08. The molecule has 25 heavy (non-hydrogen) atoms. The summed E-state index contributed by atoms with van der Waals surface area (Å²) in [6.45, 7) is 9.24. The molecular weight excluding hydrogens is 322 g/mol. The maximum absolute atomic E-state index is 12.0. The van der Waals surface area contributed by atoms with Crippen molar-refractivity contribution in [2.24, 2.45) is 0 Å². The predicted octanol–water partition coefficient (Wildman–Crippen LogP) is 1.82. The molecule has 134 valence electrons. The number of carbonyl (C=O) groups excluding carboxylic acids is 2. The lowest BCUT2D eigenvalue weighted by Crippen LogP contribution is -2.42. The summed E-state index contributed by atoms with van der Waals surface area (Å²) >= 11 is 0. The molecule has 2 aromatic rings. The summed E-state index contributed by atoms with van der Waals surface area (Å²) in [6, 6.07) is 6.79. The van der Waals surface area contributed by atoms with E-state index in [1.807, 2.05) is 20.8 Å². The monoisotopic (exact) mass is 345 g/mol. The highest BCUT2D eigenvalue weighted by Crippen LogP contribution is 2.16. The van der Waals surface area contributed by atoms with Crippen molar-refractivity contribution >= 4 is 11.9 Å². The van der Waals surface area contributed by atoms with Gasteiger partial charge < -0.3 is 10.1 Å². The summed E-state index contributed by atoms with van der Waals surface area (Å²) in [6.07, 6.45) is -0.198. The molecule has 0 aliphatic heterocycles. The molecule has 1 aromatic heterocycles. The van der Waals surface area contributed by atoms with E-state index in [-0.39, 0.29) is 24.1 Å². The summed E-state index contributed by atoms with van der Waals surface area (Å²) in [5.41, 5.74) is 0.708. The molecule has 1 heterocycles. The van der Waals surface area contributed by atoms with E-state index in [4.69, 9.17) is 4.74 Å². The van der Waals surface area contributed by atoms with Gasteiger partial charge in [0.05, 0.1) is 11.7 Å². The molecule has 0 atom stereocenters. The zero-order valence-electron chi connectivity index (χ0n) is 15.1. The molecule has 8 nitrogen and oxygen atoms in total. The van der Waals surface area contributed by atoms with Crippen molar-refractivity contribution in [2.45, 2.75) is 52.8 Å². The van der Waals surface area contributed by atoms with Gasteiger partial charge in [0.1, 0.15) is 6.54 Å². The molecule has 8 heteroatoms. The molecule has 2 rings (SSSR count). The molecule has 0 fully saturated rings. The highest BCUT2D eigenvalue weighted by Gasteiger charge is 2.16. The Balaban J connectivity index is 2.12. The first-order valence-electron chi connectivity index (χ1n) is 8.04. The first kappa shape index (κ1) is 18.6. The molecule has 1 aromatic carbocycles. The summed E-state index contributed by atoms with van der Waals surface area (Å²) < 4.78 is 5.18. The lowest BCUT2D eigenvalue weighted by Gasteiger charge is -2.19. The van der Waals surface area contributed by atoms with Crippen LogP contribution in [0, 0.1) is 0 Å². The number of nitrogens with one attached hydrogen (secondary N) is 1. The third-order valence-electron chi connectivity index (χ3n) is 2.95. The topological polar surface area (TPSA) is 99.0 Å². The second kappa shape index (κ2) is 7.42. The maximum atomic E-state index is 12.0. The van der Waals surface area contributed by atoms with Gasteiger partial charge in [-0.15, -0.1) is 10.2 Å². The summed E-state index contributed by atoms with van der Waals surface area (Å²) in [7, 11) is 0. The van der Waals surface area contributed by atoms with Crippen LogP contribution in [0.5, 0.6) is 0 Å². The first-order chi connectivity index (χ1) is 11.6. The van der Waals surface area contributed by atoms with Gasteiger partial charge >= 0.3 is 5.97 Å². The second-order valence-corrected chi connectivity index (χ2v) is 6.98. The van der Waals surface area contributed by atoms with E-state index in [1.165, 1.54) is 4.80 Å². The van der Waals surface area contributed by atoms with Crippen LogP contribution in [0.25, 0.3) is 11.4 Å². The molecule has 1 amide bonds. The van der Waals surface area contributed by atoms with Gasteiger partial charge in [0.15, 0.2) is 0 Å². The van der Waals surface area contributed by atoms with Gasteiger partial charge in [-0.25, -0.2) is 4.79 Å². The van der Waals surface area contributed by atoms with Crippen molar-refractivity contribution < 1.29 is 14.3 Å². The number of hydrogen-bond acceptors (Lipinski definition) is 6. The molecule has 0 aliphatic rings. The second-order valence-electron chi connectivity index (χ2n) is 6.98. The molecule has 0 spiro atoms. The van der Waals surface area contributed by atoms with E-state index in [0.717, 1.165) is 0 Å². The van der Waals surface area contributed by atoms with E-state index in [1.54, 1.807) is 38.1 Å². The van der Waals surface area contributed by atoms with Gasteiger partial charge in [0.25, 0.3) is 0 Å². The van der Waals surface area contributed by atoms with Crippen molar-refractivity contribution in [2.75, 3.05) is 0 Å². The molecule has 0 unspecified atom stereocenters. The van der Waals surface area contributed by atoms with Crippen LogP contribution in [0.15, 0.2) is 24.3 Å². The molecule has 0 aliphatic carbocycles. The van der Waals surface area contributed by atoms with Gasteiger partial charge in [0, 0.05) is 11.1 Å². The number of tetrazole rings is 1. The number of aromatic nitrogens is 4. The fourth-order valence-electron chi connectivity index (χ4n) is 2.08. The summed E-state index contributed by atoms with van der Waals surface area (Å²) in [5, 5.41) is 14.9. The minimum atomic E-state index is -0.409. The largest absolute Gasteiger partial charge is 0.459 e. The number of nitrogens with zero attached hydrogens (tertiary/aromatic N) is 4. The molecule has 0 saturated carbocycles. The first-order valence-corrected chi connectivity index (χ1v) is 8.04. The van der Waals surface area contributed by atoms with E-state index >= 15 is 0 Å². The third-order valence-corrected chi connectivity index (χ3v) is 2.95. The number of rotatable bonds is 5. The Morgan fingerprint density at radius 3 is 2.64 bits per heavy atom. The Kier molecular flexibility index (Phi) is 5.51. The fraction of sp³-hybridized carbons (Fsp3) is 0.471. The number of carbonyl (C=O) groups is 2. The number of ether oxygens (including phenoxy) is 1. The van der Waals surface area contributed by atoms with Crippen LogP contribution in [0.4, 0.5) is 0 Å². The molecule has 1 N–H and O–H groups in total. The minimum Gasteiger partial charge on any atom is -0.459 e. The van der Waals surface area contributed by atoms with Crippen LogP contribution in [0.2, 0.25) is 0 Å². The van der Waals surface area contributed by atoms with Crippen LogP contribution in [-0.2, 0) is 16.1 Å². The smallest absolute Gasteiger partial charge is 0.338 e. The number of amides is 1. The summed E-state index contributed by atoms with van der Waals surface area (Å²) in [4.78, 5) is 25.1. The van der Waals surface area contributed by atoms with Gasteiger partial charge in [-0.3, -0.25) is 4.79 Å². The van der Waals surface area contributed by atoms with Crippen molar-refractivity contribution in [3.05, 3.63) is 29.8 Å². The Bertz CT molecular complexity index is 762. The maximum Gasteiger partial charge on any atom is 0.338 e. The van der Waals surface area contributed by atoms with Gasteiger partial charge in [-0.2, -0.15) is 4.80 Å². The zero-order chi connectivity index (χ0) is 18.6. The zero-order valence-corrected chi connectivity index (χ0v) is 15.1. The van der Waals surface area contributed by atoms with Gasteiger partial charge in [-0.1, -0.05) is 12.1 Å². The van der Waals surface area contributed by atoms with E-state index in [2.05, 4.69) is 20.7 Å². The Hall–Kier alpha value is -2.77. The SMILES string of the molecule is CC(C)OC(=O)c1cccc(-c2nnn(CC(=O)NC(C)(C)C)n2)c1. The quantitative estimate of drug-likeness (QED) is 0.830. The lowest BCUT2D eigenvalue weighted by molar-refractivity contribution is -0.123. The number of esters is 1. The molecule has 0 saturated heterocycles. The molecular formula is C17H23N5O3. The molecule has 0 radical (unpaired) electrons. The third kappa shape index (κ3) is 5.66. The van der Waals surface area contributed by atoms with Crippen LogP contribution < -0.4 is 5.32 Å². The van der Waals surface area contributed by atoms with E-state index in [0.29, 0.717) is 17.0 Å². The Morgan fingerprint density at radius 2 is 2.00 bits per heavy atom. The van der Waals surface area contributed by atoms with Crippen LogP contribution in [0.1, 0.15) is 45.0 Å². The van der Waals surface area contributed by atoms with Crippen molar-refractivity contribution in [1.29, 1.82) is 0 Å². The van der Waals surface area contributed by atoms with Crippen molar-refractivity contribution in [1.82, 2.24) is 25.5 Å². The average molecular weight is 345 g/mol. The number of benzene rings is 1. The van der Waals surface area contributed by atoms with Gasteiger partial charge in [0.2, 0.25) is 11.7 Å².